The third-order valence-electron chi connectivity index (χ3n) is 6.21. The van der Waals surface area contributed by atoms with E-state index >= 15 is 0 Å². The average molecular weight is 419 g/mol. The molecule has 1 unspecified atom stereocenters. The van der Waals surface area contributed by atoms with Crippen LogP contribution in [0.15, 0.2) is 48.7 Å². The van der Waals surface area contributed by atoms with Gasteiger partial charge in [-0.15, -0.1) is 0 Å². The molecule has 3 atom stereocenters. The smallest absolute Gasteiger partial charge is 0.319 e. The molecule has 162 valence electrons. The largest absolute Gasteiger partial charge is 0.370 e. The van der Waals surface area contributed by atoms with E-state index in [1.807, 2.05) is 42.5 Å². The molecule has 7 nitrogen and oxygen atoms in total. The maximum absolute atomic E-state index is 12.5. The van der Waals surface area contributed by atoms with Gasteiger partial charge in [0.15, 0.2) is 0 Å². The molecule has 0 spiro atoms. The maximum Gasteiger partial charge on any atom is 0.319 e. The fraction of sp³-hybridized carbons (Fsp3) is 0.458. The number of urea groups is 1. The van der Waals surface area contributed by atoms with Crippen molar-refractivity contribution >= 4 is 17.4 Å². The zero-order valence-corrected chi connectivity index (χ0v) is 17.8. The van der Waals surface area contributed by atoms with Gasteiger partial charge in [0.2, 0.25) is 0 Å². The van der Waals surface area contributed by atoms with Gasteiger partial charge in [0.05, 0.1) is 0 Å². The van der Waals surface area contributed by atoms with Crippen molar-refractivity contribution in [3.05, 3.63) is 54.4 Å². The number of amides is 2. The van der Waals surface area contributed by atoms with Crippen LogP contribution in [0.3, 0.4) is 0 Å². The Bertz CT molecular complexity index is 912. The molecule has 1 aromatic carbocycles. The van der Waals surface area contributed by atoms with Crippen molar-refractivity contribution in [2.24, 2.45) is 0 Å². The number of hydrogen-bond acceptors (Lipinski definition) is 5. The zero-order chi connectivity index (χ0) is 21.5. The number of benzene rings is 1. The van der Waals surface area contributed by atoms with E-state index in [0.29, 0.717) is 11.7 Å². The predicted molar refractivity (Wildman–Crippen MR) is 122 cm³/mol. The Morgan fingerprint density at radius 2 is 1.87 bits per heavy atom. The molecule has 1 aromatic heterocycles. The molecule has 1 aliphatic carbocycles. The highest BCUT2D eigenvalue weighted by molar-refractivity contribution is 5.89. The lowest BCUT2D eigenvalue weighted by molar-refractivity contribution is 0.226. The SMILES string of the molecule is N#Cc1cc(N2CCCC(N[C@@H]3CCCC[C@H]3NC(=O)Nc3ccccc3)C2)ccn1. The second-order valence-corrected chi connectivity index (χ2v) is 8.42. The number of pyridine rings is 1. The normalized spacial score (nSPS) is 23.6. The zero-order valence-electron chi connectivity index (χ0n) is 17.8. The number of anilines is 2. The number of carbonyl (C=O) groups excluding carboxylic acids is 1. The van der Waals surface area contributed by atoms with E-state index in [9.17, 15) is 4.79 Å². The standard InChI is InChI=1S/C24H30N6O/c25-16-20-15-21(12-13-26-20)30-14-6-9-19(17-30)27-22-10-4-5-11-23(22)29-24(31)28-18-7-2-1-3-8-18/h1-3,7-8,12-13,15,19,22-23,27H,4-6,9-11,14,17H2,(H2,28,29,31)/t19?,22-,23-/m1/s1. The first kappa shape index (κ1) is 21.1. The van der Waals surface area contributed by atoms with Gasteiger partial charge in [-0.1, -0.05) is 31.0 Å². The van der Waals surface area contributed by atoms with Gasteiger partial charge in [-0.25, -0.2) is 9.78 Å². The van der Waals surface area contributed by atoms with Crippen LogP contribution < -0.4 is 20.9 Å². The predicted octanol–water partition coefficient (Wildman–Crippen LogP) is 3.64. The second kappa shape index (κ2) is 10.3. The fourth-order valence-electron chi connectivity index (χ4n) is 4.69. The van der Waals surface area contributed by atoms with E-state index < -0.39 is 0 Å². The minimum absolute atomic E-state index is 0.124. The highest BCUT2D eigenvalue weighted by Crippen LogP contribution is 2.24. The molecule has 4 rings (SSSR count). The highest BCUT2D eigenvalue weighted by atomic mass is 16.2. The van der Waals surface area contributed by atoms with Crippen LogP contribution in [0.5, 0.6) is 0 Å². The van der Waals surface area contributed by atoms with Gasteiger partial charge in [-0.05, 0) is 49.9 Å². The lowest BCUT2D eigenvalue weighted by Gasteiger charge is -2.40. The number of para-hydroxylation sites is 1. The number of nitriles is 1. The topological polar surface area (TPSA) is 93.1 Å². The van der Waals surface area contributed by atoms with Gasteiger partial charge < -0.3 is 20.9 Å². The first-order valence-electron chi connectivity index (χ1n) is 11.2. The second-order valence-electron chi connectivity index (χ2n) is 8.42. The molecule has 31 heavy (non-hydrogen) atoms. The lowest BCUT2D eigenvalue weighted by Crippen LogP contribution is -2.57. The summed E-state index contributed by atoms with van der Waals surface area (Å²) in [6, 6.07) is 16.1. The minimum Gasteiger partial charge on any atom is -0.370 e. The summed E-state index contributed by atoms with van der Waals surface area (Å²) in [5.41, 5.74) is 2.31. The molecule has 7 heteroatoms. The molecule has 2 aliphatic rings. The van der Waals surface area contributed by atoms with E-state index in [2.05, 4.69) is 31.9 Å². The first-order chi connectivity index (χ1) is 15.2. The van der Waals surface area contributed by atoms with Gasteiger partial charge >= 0.3 is 6.03 Å². The Hall–Kier alpha value is -3.11. The van der Waals surface area contributed by atoms with Crippen LogP contribution in [-0.4, -0.2) is 42.2 Å². The van der Waals surface area contributed by atoms with E-state index in [0.717, 1.165) is 56.6 Å². The van der Waals surface area contributed by atoms with Crippen molar-refractivity contribution in [2.45, 2.75) is 56.7 Å². The molecule has 3 N–H and O–H groups in total. The molecule has 1 saturated heterocycles. The monoisotopic (exact) mass is 418 g/mol. The van der Waals surface area contributed by atoms with E-state index in [4.69, 9.17) is 5.26 Å². The van der Waals surface area contributed by atoms with Crippen LogP contribution in [-0.2, 0) is 0 Å². The summed E-state index contributed by atoms with van der Waals surface area (Å²) in [7, 11) is 0. The van der Waals surface area contributed by atoms with Crippen molar-refractivity contribution in [3.8, 4) is 6.07 Å². The molecular weight excluding hydrogens is 388 g/mol. The van der Waals surface area contributed by atoms with Crippen molar-refractivity contribution in [2.75, 3.05) is 23.3 Å². The van der Waals surface area contributed by atoms with Gasteiger partial charge in [-0.2, -0.15) is 5.26 Å². The lowest BCUT2D eigenvalue weighted by atomic mass is 9.89. The van der Waals surface area contributed by atoms with E-state index in [-0.39, 0.29) is 18.1 Å². The maximum atomic E-state index is 12.5. The molecule has 2 heterocycles. The molecule has 1 saturated carbocycles. The number of nitrogens with zero attached hydrogens (tertiary/aromatic N) is 3. The molecular formula is C24H30N6O. The molecule has 0 bridgehead atoms. The summed E-state index contributed by atoms with van der Waals surface area (Å²) in [5, 5.41) is 19.1. The van der Waals surface area contributed by atoms with Crippen LogP contribution in [0, 0.1) is 11.3 Å². The Labute approximate surface area is 183 Å². The molecule has 2 aromatic rings. The van der Waals surface area contributed by atoms with E-state index in [1.165, 1.54) is 6.42 Å². The summed E-state index contributed by atoms with van der Waals surface area (Å²) in [6.45, 7) is 1.88. The van der Waals surface area contributed by atoms with E-state index in [1.54, 1.807) is 6.20 Å². The number of carbonyl (C=O) groups is 1. The highest BCUT2D eigenvalue weighted by Gasteiger charge is 2.30. The number of nitrogens with one attached hydrogen (secondary N) is 3. The molecule has 0 radical (unpaired) electrons. The first-order valence-corrected chi connectivity index (χ1v) is 11.2. The van der Waals surface area contributed by atoms with Gasteiger partial charge in [0.25, 0.3) is 0 Å². The van der Waals surface area contributed by atoms with Gasteiger partial charge in [0.1, 0.15) is 11.8 Å². The number of piperidine rings is 1. The van der Waals surface area contributed by atoms with Gasteiger partial charge in [-0.3, -0.25) is 0 Å². The Kier molecular flexibility index (Phi) is 7.00. The molecule has 2 amide bonds. The summed E-state index contributed by atoms with van der Waals surface area (Å²) in [4.78, 5) is 18.9. The van der Waals surface area contributed by atoms with Crippen LogP contribution in [0.2, 0.25) is 0 Å². The van der Waals surface area contributed by atoms with Crippen LogP contribution in [0.25, 0.3) is 0 Å². The fourth-order valence-corrected chi connectivity index (χ4v) is 4.69. The Morgan fingerprint density at radius 1 is 1.06 bits per heavy atom. The summed E-state index contributed by atoms with van der Waals surface area (Å²) >= 11 is 0. The van der Waals surface area contributed by atoms with Crippen molar-refractivity contribution in [3.63, 3.8) is 0 Å². The third-order valence-corrected chi connectivity index (χ3v) is 6.21. The molecule has 2 fully saturated rings. The van der Waals surface area contributed by atoms with Crippen LogP contribution >= 0.6 is 0 Å². The van der Waals surface area contributed by atoms with Crippen LogP contribution in [0.4, 0.5) is 16.2 Å². The Balaban J connectivity index is 1.35. The van der Waals surface area contributed by atoms with Crippen molar-refractivity contribution < 1.29 is 4.79 Å². The van der Waals surface area contributed by atoms with Crippen molar-refractivity contribution in [1.82, 2.24) is 15.6 Å². The summed E-state index contributed by atoms with van der Waals surface area (Å²) < 4.78 is 0. The Morgan fingerprint density at radius 3 is 2.68 bits per heavy atom. The average Bonchev–Trinajstić information content (AvgIpc) is 2.81. The number of aromatic nitrogens is 1. The minimum atomic E-state index is -0.143. The summed E-state index contributed by atoms with van der Waals surface area (Å²) in [5.74, 6) is 0. The van der Waals surface area contributed by atoms with Crippen molar-refractivity contribution in [1.29, 1.82) is 5.26 Å². The summed E-state index contributed by atoms with van der Waals surface area (Å²) in [6.07, 6.45) is 8.30. The van der Waals surface area contributed by atoms with Gasteiger partial charge in [0, 0.05) is 48.8 Å². The molecule has 1 aliphatic heterocycles. The third kappa shape index (κ3) is 5.74. The van der Waals surface area contributed by atoms with Crippen LogP contribution in [0.1, 0.15) is 44.2 Å². The number of hydrogen-bond donors (Lipinski definition) is 3. The number of rotatable bonds is 5. The quantitative estimate of drug-likeness (QED) is 0.689.